The molecule has 2 rings (SSSR count). The van der Waals surface area contributed by atoms with E-state index in [9.17, 15) is 4.21 Å². The Balaban J connectivity index is 1.70. The Morgan fingerprint density at radius 1 is 1.61 bits per heavy atom. The van der Waals surface area contributed by atoms with E-state index in [1.807, 2.05) is 6.92 Å². The van der Waals surface area contributed by atoms with E-state index in [0.29, 0.717) is 13.1 Å². The SMILES string of the molecule is CC1=NNC(CCCN(N)C2=NS(=O)ON2)=NC1. The lowest BCUT2D eigenvalue weighted by molar-refractivity contribution is 0.276. The van der Waals surface area contributed by atoms with Gasteiger partial charge in [0.15, 0.2) is 0 Å². The van der Waals surface area contributed by atoms with Crippen molar-refractivity contribution < 1.29 is 8.49 Å². The lowest BCUT2D eigenvalue weighted by atomic mass is 10.2. The van der Waals surface area contributed by atoms with Crippen molar-refractivity contribution in [3.8, 4) is 0 Å². The first-order valence-corrected chi connectivity index (χ1v) is 6.47. The number of nitrogens with one attached hydrogen (secondary N) is 2. The van der Waals surface area contributed by atoms with Crippen LogP contribution in [0.1, 0.15) is 19.8 Å². The Morgan fingerprint density at radius 2 is 2.44 bits per heavy atom. The van der Waals surface area contributed by atoms with E-state index >= 15 is 0 Å². The van der Waals surface area contributed by atoms with Gasteiger partial charge in [-0.1, -0.05) is 0 Å². The van der Waals surface area contributed by atoms with Gasteiger partial charge in [-0.2, -0.15) is 9.39 Å². The predicted molar refractivity (Wildman–Crippen MR) is 68.5 cm³/mol. The smallest absolute Gasteiger partial charge is 0.278 e. The fourth-order valence-electron chi connectivity index (χ4n) is 1.39. The second-order valence-electron chi connectivity index (χ2n) is 3.84. The van der Waals surface area contributed by atoms with Gasteiger partial charge in [0.05, 0.1) is 12.3 Å². The predicted octanol–water partition coefficient (Wildman–Crippen LogP) is -1.21. The summed E-state index contributed by atoms with van der Waals surface area (Å²) in [5.74, 6) is 6.82. The highest BCUT2D eigenvalue weighted by Crippen LogP contribution is 2.01. The Bertz CT molecular complexity index is 433. The number of hydroxylamine groups is 1. The molecule has 100 valence electrons. The van der Waals surface area contributed by atoms with Crippen molar-refractivity contribution in [3.63, 3.8) is 0 Å². The summed E-state index contributed by atoms with van der Waals surface area (Å²) in [7, 11) is 0. The molecule has 0 radical (unpaired) electrons. The van der Waals surface area contributed by atoms with Crippen LogP contribution in [0.2, 0.25) is 0 Å². The van der Waals surface area contributed by atoms with E-state index in [4.69, 9.17) is 5.84 Å². The Labute approximate surface area is 107 Å². The Hall–Kier alpha value is -1.52. The molecular formula is C8H15N7O2S. The number of rotatable bonds is 4. The minimum atomic E-state index is -1.69. The van der Waals surface area contributed by atoms with Crippen molar-refractivity contribution in [2.24, 2.45) is 20.3 Å². The molecule has 0 saturated carbocycles. The molecule has 0 bridgehead atoms. The van der Waals surface area contributed by atoms with Crippen molar-refractivity contribution in [2.45, 2.75) is 19.8 Å². The van der Waals surface area contributed by atoms with Crippen LogP contribution in [0.3, 0.4) is 0 Å². The lowest BCUT2D eigenvalue weighted by Crippen LogP contribution is -2.44. The van der Waals surface area contributed by atoms with Crippen LogP contribution < -0.4 is 16.7 Å². The average Bonchev–Trinajstić information content (AvgIpc) is 2.78. The quantitative estimate of drug-likeness (QED) is 0.437. The number of hydrazine groups is 1. The lowest BCUT2D eigenvalue weighted by Gasteiger charge is -2.17. The molecule has 2 aliphatic rings. The van der Waals surface area contributed by atoms with Gasteiger partial charge in [-0.25, -0.2) is 15.5 Å². The molecule has 0 aromatic heterocycles. The Morgan fingerprint density at radius 3 is 3.06 bits per heavy atom. The normalized spacial score (nSPS) is 22.6. The zero-order valence-electron chi connectivity index (χ0n) is 9.92. The number of hydrogen-bond donors (Lipinski definition) is 3. The highest BCUT2D eigenvalue weighted by Gasteiger charge is 2.17. The fourth-order valence-corrected chi connectivity index (χ4v) is 1.86. The van der Waals surface area contributed by atoms with E-state index in [1.165, 1.54) is 5.01 Å². The van der Waals surface area contributed by atoms with Gasteiger partial charge in [-0.05, 0) is 13.3 Å². The van der Waals surface area contributed by atoms with Gasteiger partial charge in [-0.3, -0.25) is 15.4 Å². The maximum atomic E-state index is 10.8. The van der Waals surface area contributed by atoms with Crippen LogP contribution >= 0.6 is 0 Å². The zero-order valence-corrected chi connectivity index (χ0v) is 10.7. The van der Waals surface area contributed by atoms with Crippen molar-refractivity contribution >= 4 is 28.8 Å². The summed E-state index contributed by atoms with van der Waals surface area (Å²) >= 11 is -1.69. The first kappa shape index (κ1) is 12.9. The molecule has 0 amide bonds. The van der Waals surface area contributed by atoms with E-state index in [-0.39, 0.29) is 5.96 Å². The first-order valence-electron chi connectivity index (χ1n) is 5.44. The van der Waals surface area contributed by atoms with E-state index < -0.39 is 11.3 Å². The molecule has 1 atom stereocenters. The minimum absolute atomic E-state index is 0.265. The van der Waals surface area contributed by atoms with Gasteiger partial charge < -0.3 is 0 Å². The summed E-state index contributed by atoms with van der Waals surface area (Å²) in [6.45, 7) is 3.09. The molecule has 1 unspecified atom stereocenters. The Kier molecular flexibility index (Phi) is 4.23. The van der Waals surface area contributed by atoms with Gasteiger partial charge in [-0.15, -0.1) is 4.40 Å². The van der Waals surface area contributed by atoms with Gasteiger partial charge in [0.25, 0.3) is 0 Å². The number of aliphatic imine (C=N–C) groups is 1. The molecule has 0 spiro atoms. The van der Waals surface area contributed by atoms with Crippen LogP contribution in [0.4, 0.5) is 0 Å². The summed E-state index contributed by atoms with van der Waals surface area (Å²) in [6, 6.07) is 0. The zero-order chi connectivity index (χ0) is 13.0. The van der Waals surface area contributed by atoms with Gasteiger partial charge >= 0.3 is 11.3 Å². The molecule has 0 aromatic carbocycles. The molecule has 0 aliphatic carbocycles. The van der Waals surface area contributed by atoms with E-state index in [2.05, 4.69) is 29.7 Å². The molecule has 0 fully saturated rings. The monoisotopic (exact) mass is 273 g/mol. The van der Waals surface area contributed by atoms with Gasteiger partial charge in [0.1, 0.15) is 5.84 Å². The number of guanidine groups is 1. The standard InChI is InChI=1S/C8H15N7O2S/c1-6-5-10-7(12-11-6)3-2-4-15(9)8-13-17-18(16)14-8/h2-5,9H2,1H3,(H,10,12)(H,13,14). The summed E-state index contributed by atoms with van der Waals surface area (Å²) in [5, 5.41) is 5.44. The third kappa shape index (κ3) is 3.48. The van der Waals surface area contributed by atoms with Crippen LogP contribution in [0.15, 0.2) is 14.5 Å². The summed E-state index contributed by atoms with van der Waals surface area (Å²) in [4.78, 5) is 4.31. The van der Waals surface area contributed by atoms with Crippen molar-refractivity contribution in [1.82, 2.24) is 15.9 Å². The molecule has 9 nitrogen and oxygen atoms in total. The van der Waals surface area contributed by atoms with Crippen LogP contribution in [-0.4, -0.2) is 39.8 Å². The van der Waals surface area contributed by atoms with Crippen molar-refractivity contribution in [2.75, 3.05) is 13.1 Å². The summed E-state index contributed by atoms with van der Waals surface area (Å²) in [5.41, 5.74) is 6.22. The molecule has 18 heavy (non-hydrogen) atoms. The topological polar surface area (TPSA) is 117 Å². The average molecular weight is 273 g/mol. The molecular weight excluding hydrogens is 258 g/mol. The maximum absolute atomic E-state index is 10.8. The van der Waals surface area contributed by atoms with Crippen molar-refractivity contribution in [3.05, 3.63) is 0 Å². The number of hydrogen-bond acceptors (Lipinski definition) is 8. The van der Waals surface area contributed by atoms with Crippen LogP contribution in [0.25, 0.3) is 0 Å². The molecule has 10 heteroatoms. The second-order valence-corrected chi connectivity index (χ2v) is 4.62. The van der Waals surface area contributed by atoms with E-state index in [1.54, 1.807) is 0 Å². The minimum Gasteiger partial charge on any atom is -0.278 e. The van der Waals surface area contributed by atoms with Crippen LogP contribution in [0.5, 0.6) is 0 Å². The second kappa shape index (κ2) is 5.89. The number of nitrogens with two attached hydrogens (primary N) is 1. The molecule has 4 N–H and O–H groups in total. The highest BCUT2D eigenvalue weighted by molar-refractivity contribution is 7.79. The van der Waals surface area contributed by atoms with E-state index in [0.717, 1.165) is 24.4 Å². The number of amidine groups is 1. The van der Waals surface area contributed by atoms with Gasteiger partial charge in [0, 0.05) is 13.0 Å². The van der Waals surface area contributed by atoms with Crippen LogP contribution in [0, 0.1) is 0 Å². The van der Waals surface area contributed by atoms with Crippen LogP contribution in [-0.2, 0) is 15.6 Å². The molecule has 2 heterocycles. The van der Waals surface area contributed by atoms with Crippen molar-refractivity contribution in [1.29, 1.82) is 0 Å². The third-order valence-electron chi connectivity index (χ3n) is 2.32. The first-order chi connectivity index (χ1) is 8.65. The summed E-state index contributed by atoms with van der Waals surface area (Å²) in [6.07, 6.45) is 1.51. The third-order valence-corrected chi connectivity index (χ3v) is 2.87. The highest BCUT2D eigenvalue weighted by atomic mass is 32.2. The van der Waals surface area contributed by atoms with Gasteiger partial charge in [0.2, 0.25) is 5.96 Å². The summed E-state index contributed by atoms with van der Waals surface area (Å²) < 4.78 is 19.0. The number of nitrogens with zero attached hydrogens (tertiary/aromatic N) is 4. The molecule has 2 aliphatic heterocycles. The fraction of sp³-hybridized carbons (Fsp3) is 0.625. The number of hydrazone groups is 1. The molecule has 0 saturated heterocycles. The largest absolute Gasteiger partial charge is 0.310 e. The molecule has 0 aromatic rings. The maximum Gasteiger partial charge on any atom is 0.310 e.